The SMILES string of the molecule is FC(F)(F)c1c[c]c(C(Cl)Cl)c(Cl)c1Br. The van der Waals surface area contributed by atoms with E-state index in [4.69, 9.17) is 34.8 Å². The number of hydrogen-bond donors (Lipinski definition) is 0. The summed E-state index contributed by atoms with van der Waals surface area (Å²) < 4.78 is 36.9. The average Bonchev–Trinajstić information content (AvgIpc) is 2.06. The standard InChI is InChI=1S/C8H2BrCl3F3/c9-5-4(8(13,14)15)2-1-3(6(5)10)7(11)12/h2,7H. The minimum Gasteiger partial charge on any atom is -0.166 e. The summed E-state index contributed by atoms with van der Waals surface area (Å²) in [4.78, 5) is -1.02. The second-order valence-corrected chi connectivity index (χ2v) is 4.81. The summed E-state index contributed by atoms with van der Waals surface area (Å²) in [5, 5.41) is -0.181. The van der Waals surface area contributed by atoms with E-state index in [9.17, 15) is 13.2 Å². The fourth-order valence-corrected chi connectivity index (χ4v) is 2.15. The highest BCUT2D eigenvalue weighted by Crippen LogP contribution is 2.42. The van der Waals surface area contributed by atoms with Crippen LogP contribution in [0.4, 0.5) is 13.2 Å². The normalized spacial score (nSPS) is 12.3. The highest BCUT2D eigenvalue weighted by atomic mass is 79.9. The molecule has 0 aromatic heterocycles. The van der Waals surface area contributed by atoms with Crippen molar-refractivity contribution >= 4 is 50.7 Å². The van der Waals surface area contributed by atoms with Crippen molar-refractivity contribution in [2.24, 2.45) is 0 Å². The molecule has 0 N–H and O–H groups in total. The van der Waals surface area contributed by atoms with Crippen LogP contribution < -0.4 is 0 Å². The molecule has 0 aliphatic rings. The highest BCUT2D eigenvalue weighted by Gasteiger charge is 2.34. The van der Waals surface area contributed by atoms with Crippen molar-refractivity contribution in [3.8, 4) is 0 Å². The second kappa shape index (κ2) is 4.70. The van der Waals surface area contributed by atoms with Gasteiger partial charge in [-0.3, -0.25) is 0 Å². The van der Waals surface area contributed by atoms with Gasteiger partial charge in [0, 0.05) is 10.0 Å². The summed E-state index contributed by atoms with van der Waals surface area (Å²) in [6.07, 6.45) is -4.49. The lowest BCUT2D eigenvalue weighted by Crippen LogP contribution is -2.07. The van der Waals surface area contributed by atoms with E-state index in [0.717, 1.165) is 6.07 Å². The highest BCUT2D eigenvalue weighted by molar-refractivity contribution is 9.10. The zero-order valence-electron chi connectivity index (χ0n) is 6.80. The van der Waals surface area contributed by atoms with Crippen LogP contribution in [0, 0.1) is 6.07 Å². The molecule has 0 aliphatic carbocycles. The largest absolute Gasteiger partial charge is 0.417 e. The first kappa shape index (κ1) is 13.4. The summed E-state index contributed by atoms with van der Waals surface area (Å²) in [5.41, 5.74) is -0.801. The van der Waals surface area contributed by atoms with Crippen molar-refractivity contribution in [3.05, 3.63) is 32.8 Å². The molecule has 15 heavy (non-hydrogen) atoms. The first-order valence-electron chi connectivity index (χ1n) is 3.50. The zero-order chi connectivity index (χ0) is 11.8. The molecule has 0 spiro atoms. The van der Waals surface area contributed by atoms with E-state index in [1.807, 2.05) is 0 Å². The number of benzene rings is 1. The lowest BCUT2D eigenvalue weighted by molar-refractivity contribution is -0.138. The first-order chi connectivity index (χ1) is 6.75. The molecule has 0 amide bonds. The molecular weight excluding hydrogens is 339 g/mol. The molecule has 0 bridgehead atoms. The molecule has 1 aromatic carbocycles. The van der Waals surface area contributed by atoms with Gasteiger partial charge >= 0.3 is 6.18 Å². The van der Waals surface area contributed by atoms with Gasteiger partial charge in [0.2, 0.25) is 0 Å². The van der Waals surface area contributed by atoms with Gasteiger partial charge in [0.15, 0.2) is 0 Å². The predicted molar refractivity (Wildman–Crippen MR) is 57.4 cm³/mol. The molecule has 0 saturated carbocycles. The Balaban J connectivity index is 3.34. The van der Waals surface area contributed by atoms with E-state index < -0.39 is 16.6 Å². The smallest absolute Gasteiger partial charge is 0.166 e. The van der Waals surface area contributed by atoms with E-state index in [2.05, 4.69) is 22.0 Å². The van der Waals surface area contributed by atoms with Crippen LogP contribution in [0.5, 0.6) is 0 Å². The van der Waals surface area contributed by atoms with Crippen LogP contribution in [-0.2, 0) is 6.18 Å². The van der Waals surface area contributed by atoms with Gasteiger partial charge in [-0.25, -0.2) is 0 Å². The molecule has 1 aromatic rings. The van der Waals surface area contributed by atoms with Crippen LogP contribution in [0.2, 0.25) is 5.02 Å². The maximum absolute atomic E-state index is 12.4. The molecule has 1 rings (SSSR count). The van der Waals surface area contributed by atoms with Crippen LogP contribution in [0.3, 0.4) is 0 Å². The van der Waals surface area contributed by atoms with Gasteiger partial charge in [-0.2, -0.15) is 13.2 Å². The van der Waals surface area contributed by atoms with Gasteiger partial charge in [0.05, 0.1) is 10.6 Å². The molecule has 0 fully saturated rings. The van der Waals surface area contributed by atoms with Crippen LogP contribution in [0.1, 0.15) is 16.0 Å². The van der Waals surface area contributed by atoms with Gasteiger partial charge in [-0.05, 0) is 28.1 Å². The number of hydrogen-bond acceptors (Lipinski definition) is 0. The quantitative estimate of drug-likeness (QED) is 0.600. The van der Waals surface area contributed by atoms with E-state index in [0.29, 0.717) is 0 Å². The van der Waals surface area contributed by atoms with E-state index in [-0.39, 0.29) is 15.1 Å². The molecule has 83 valence electrons. The maximum Gasteiger partial charge on any atom is 0.417 e. The lowest BCUT2D eigenvalue weighted by atomic mass is 10.1. The van der Waals surface area contributed by atoms with Crippen LogP contribution in [0.25, 0.3) is 0 Å². The predicted octanol–water partition coefficient (Wildman–Crippen LogP) is 5.40. The third kappa shape index (κ3) is 2.93. The Morgan fingerprint density at radius 2 is 1.87 bits per heavy atom. The molecular formula is C8H2BrCl3F3. The third-order valence-corrected chi connectivity index (χ3v) is 3.44. The van der Waals surface area contributed by atoms with Gasteiger partial charge in [0.25, 0.3) is 0 Å². The van der Waals surface area contributed by atoms with Crippen LogP contribution >= 0.6 is 50.7 Å². The Morgan fingerprint density at radius 1 is 1.33 bits per heavy atom. The molecule has 0 nitrogen and oxygen atoms in total. The number of halogens is 7. The summed E-state index contributed by atoms with van der Waals surface area (Å²) >= 11 is 19.4. The fourth-order valence-electron chi connectivity index (χ4n) is 0.878. The summed E-state index contributed by atoms with van der Waals surface area (Å²) in [5.74, 6) is 0. The summed E-state index contributed by atoms with van der Waals surface area (Å²) in [6.45, 7) is 0. The molecule has 0 saturated heterocycles. The molecule has 1 radical (unpaired) electrons. The molecule has 0 aliphatic heterocycles. The van der Waals surface area contributed by atoms with Crippen molar-refractivity contribution < 1.29 is 13.2 Å². The third-order valence-electron chi connectivity index (χ3n) is 1.56. The van der Waals surface area contributed by atoms with Crippen molar-refractivity contribution in [3.63, 3.8) is 0 Å². The lowest BCUT2D eigenvalue weighted by Gasteiger charge is -2.13. The Hall–Kier alpha value is 0.360. The van der Waals surface area contributed by atoms with Gasteiger partial charge in [-0.1, -0.05) is 34.8 Å². The topological polar surface area (TPSA) is 0 Å². The maximum atomic E-state index is 12.4. The number of alkyl halides is 5. The van der Waals surface area contributed by atoms with Crippen molar-refractivity contribution in [1.29, 1.82) is 0 Å². The van der Waals surface area contributed by atoms with Crippen molar-refractivity contribution in [2.75, 3.05) is 0 Å². The van der Waals surface area contributed by atoms with Gasteiger partial charge < -0.3 is 0 Å². The second-order valence-electron chi connectivity index (χ2n) is 2.54. The molecule has 0 unspecified atom stereocenters. The van der Waals surface area contributed by atoms with Gasteiger partial charge in [-0.15, -0.1) is 0 Å². The van der Waals surface area contributed by atoms with Crippen LogP contribution in [-0.4, -0.2) is 0 Å². The van der Waals surface area contributed by atoms with Gasteiger partial charge in [0.1, 0.15) is 4.84 Å². The Morgan fingerprint density at radius 3 is 2.27 bits per heavy atom. The minimum atomic E-state index is -4.49. The minimum absolute atomic E-state index is 0.111. The Kier molecular flexibility index (Phi) is 4.20. The monoisotopic (exact) mass is 339 g/mol. The molecule has 0 heterocycles. The van der Waals surface area contributed by atoms with Crippen molar-refractivity contribution in [2.45, 2.75) is 11.0 Å². The van der Waals surface area contributed by atoms with Crippen molar-refractivity contribution in [1.82, 2.24) is 0 Å². The summed E-state index contributed by atoms with van der Waals surface area (Å²) in [7, 11) is 0. The Bertz CT molecular complexity index is 376. The Labute approximate surface area is 107 Å². The molecule has 0 atom stereocenters. The fraction of sp³-hybridized carbons (Fsp3) is 0.250. The molecule has 7 heteroatoms. The number of rotatable bonds is 1. The zero-order valence-corrected chi connectivity index (χ0v) is 10.7. The summed E-state index contributed by atoms with van der Waals surface area (Å²) in [6, 6.07) is 3.06. The van der Waals surface area contributed by atoms with E-state index >= 15 is 0 Å². The van der Waals surface area contributed by atoms with Crippen LogP contribution in [0.15, 0.2) is 10.5 Å². The first-order valence-corrected chi connectivity index (χ1v) is 5.54. The average molecular weight is 341 g/mol. The van der Waals surface area contributed by atoms with E-state index in [1.165, 1.54) is 0 Å². The van der Waals surface area contributed by atoms with E-state index in [1.54, 1.807) is 0 Å².